The van der Waals surface area contributed by atoms with Crippen LogP contribution in [0.3, 0.4) is 0 Å². The van der Waals surface area contributed by atoms with E-state index in [9.17, 15) is 0 Å². The fourth-order valence-electron chi connectivity index (χ4n) is 4.24. The van der Waals surface area contributed by atoms with Gasteiger partial charge in [-0.2, -0.15) is 0 Å². The Hall–Kier alpha value is -0.120. The van der Waals surface area contributed by atoms with E-state index in [1.165, 1.54) is 51.7 Å². The van der Waals surface area contributed by atoms with Crippen molar-refractivity contribution in [2.75, 3.05) is 66.1 Å². The Morgan fingerprint density at radius 2 is 1.76 bits per heavy atom. The predicted molar refractivity (Wildman–Crippen MR) is 134 cm³/mol. The zero-order chi connectivity index (χ0) is 20.2. The molecule has 1 unspecified atom stereocenters. The van der Waals surface area contributed by atoms with Gasteiger partial charge in [0.15, 0.2) is 5.96 Å². The summed E-state index contributed by atoms with van der Waals surface area (Å²) in [6, 6.07) is 0.545. The summed E-state index contributed by atoms with van der Waals surface area (Å²) in [5, 5.41) is 7.07. The van der Waals surface area contributed by atoms with E-state index in [1.54, 1.807) is 0 Å². The zero-order valence-electron chi connectivity index (χ0n) is 19.3. The van der Waals surface area contributed by atoms with Crippen molar-refractivity contribution in [3.63, 3.8) is 0 Å². The number of nitrogens with one attached hydrogen (secondary N) is 2. The third-order valence-electron chi connectivity index (χ3n) is 6.10. The van der Waals surface area contributed by atoms with Crippen LogP contribution in [0.15, 0.2) is 4.99 Å². The van der Waals surface area contributed by atoms with Gasteiger partial charge in [0.25, 0.3) is 0 Å². The van der Waals surface area contributed by atoms with Crippen molar-refractivity contribution in [3.05, 3.63) is 0 Å². The van der Waals surface area contributed by atoms with Gasteiger partial charge < -0.3 is 20.3 Å². The molecule has 0 spiro atoms. The Bertz CT molecular complexity index is 435. The minimum Gasteiger partial charge on any atom is -0.379 e. The van der Waals surface area contributed by atoms with Crippen LogP contribution in [0.5, 0.6) is 0 Å². The van der Waals surface area contributed by atoms with Crippen LogP contribution in [0.2, 0.25) is 0 Å². The quantitative estimate of drug-likeness (QED) is 0.200. The maximum absolute atomic E-state index is 5.53. The number of hydrogen-bond acceptors (Lipinski definition) is 4. The molecule has 0 aliphatic carbocycles. The second-order valence-corrected chi connectivity index (χ2v) is 9.04. The first-order chi connectivity index (χ1) is 13.6. The van der Waals surface area contributed by atoms with Gasteiger partial charge in [-0.1, -0.05) is 20.8 Å². The average Bonchev–Trinajstić information content (AvgIpc) is 2.70. The second kappa shape index (κ2) is 15.6. The fraction of sp³-hybridized carbons (Fsp3) is 0.955. The lowest BCUT2D eigenvalue weighted by molar-refractivity contribution is 0.0132. The van der Waals surface area contributed by atoms with Gasteiger partial charge >= 0.3 is 0 Å². The summed E-state index contributed by atoms with van der Waals surface area (Å²) < 4.78 is 5.53. The van der Waals surface area contributed by atoms with Gasteiger partial charge in [0, 0.05) is 39.3 Å². The summed E-state index contributed by atoms with van der Waals surface area (Å²) in [5.41, 5.74) is 0. The van der Waals surface area contributed by atoms with Gasteiger partial charge in [-0.25, -0.2) is 0 Å². The van der Waals surface area contributed by atoms with Gasteiger partial charge in [-0.3, -0.25) is 9.89 Å². The maximum atomic E-state index is 5.53. The molecule has 0 aromatic carbocycles. The Morgan fingerprint density at radius 3 is 2.38 bits per heavy atom. The summed E-state index contributed by atoms with van der Waals surface area (Å²) in [7, 11) is 1.87. The molecule has 2 fully saturated rings. The Labute approximate surface area is 196 Å². The van der Waals surface area contributed by atoms with Crippen LogP contribution in [0.1, 0.15) is 52.9 Å². The summed E-state index contributed by atoms with van der Waals surface area (Å²) in [4.78, 5) is 9.62. The third-order valence-corrected chi connectivity index (χ3v) is 6.10. The van der Waals surface area contributed by atoms with Crippen LogP contribution in [0, 0.1) is 11.8 Å². The van der Waals surface area contributed by atoms with Crippen LogP contribution in [0.4, 0.5) is 0 Å². The normalized spacial score (nSPS) is 21.1. The molecule has 0 radical (unpaired) electrons. The molecule has 172 valence electrons. The smallest absolute Gasteiger partial charge is 0.191 e. The first-order valence-electron chi connectivity index (χ1n) is 11.6. The summed E-state index contributed by atoms with van der Waals surface area (Å²) in [6.07, 6.45) is 6.41. The lowest BCUT2D eigenvalue weighted by atomic mass is 9.99. The molecule has 1 atom stereocenters. The summed E-state index contributed by atoms with van der Waals surface area (Å²) >= 11 is 0. The van der Waals surface area contributed by atoms with Crippen molar-refractivity contribution in [1.82, 2.24) is 20.4 Å². The maximum Gasteiger partial charge on any atom is 0.191 e. The van der Waals surface area contributed by atoms with Crippen molar-refractivity contribution in [2.45, 2.75) is 58.9 Å². The standard InChI is InChI=1S/C22H45N5O.HI/c1-19(2)17-21(27-13-15-28-16-14-27)18-25-22(23-4)24-9-5-6-10-26-11-7-20(3)8-12-26;/h19-21H,5-18H2,1-4H3,(H2,23,24,25);1H. The molecule has 6 nitrogen and oxygen atoms in total. The highest BCUT2D eigenvalue weighted by Gasteiger charge is 2.22. The van der Waals surface area contributed by atoms with Gasteiger partial charge in [-0.15, -0.1) is 24.0 Å². The van der Waals surface area contributed by atoms with Crippen molar-refractivity contribution in [3.8, 4) is 0 Å². The molecule has 2 rings (SSSR count). The SMILES string of the molecule is CN=C(NCCCCN1CCC(C)CC1)NCC(CC(C)C)N1CCOCC1.I. The number of likely N-dealkylation sites (tertiary alicyclic amines) is 1. The second-order valence-electron chi connectivity index (χ2n) is 9.04. The molecule has 2 N–H and O–H groups in total. The lowest BCUT2D eigenvalue weighted by Gasteiger charge is -2.35. The van der Waals surface area contributed by atoms with E-state index >= 15 is 0 Å². The number of rotatable bonds is 10. The molecule has 29 heavy (non-hydrogen) atoms. The third kappa shape index (κ3) is 11.2. The topological polar surface area (TPSA) is 52.1 Å². The number of halogens is 1. The van der Waals surface area contributed by atoms with Crippen molar-refractivity contribution in [2.24, 2.45) is 16.8 Å². The molecule has 0 bridgehead atoms. The minimum absolute atomic E-state index is 0. The van der Waals surface area contributed by atoms with E-state index in [-0.39, 0.29) is 24.0 Å². The van der Waals surface area contributed by atoms with Gasteiger partial charge in [0.1, 0.15) is 0 Å². The number of guanidine groups is 1. The highest BCUT2D eigenvalue weighted by atomic mass is 127. The van der Waals surface area contributed by atoms with Gasteiger partial charge in [0.2, 0.25) is 0 Å². The lowest BCUT2D eigenvalue weighted by Crippen LogP contribution is -2.51. The van der Waals surface area contributed by atoms with Crippen molar-refractivity contribution in [1.29, 1.82) is 0 Å². The van der Waals surface area contributed by atoms with Crippen LogP contribution in [-0.2, 0) is 4.74 Å². The molecule has 7 heteroatoms. The molecule has 2 aliphatic heterocycles. The molecule has 2 saturated heterocycles. The number of morpholine rings is 1. The van der Waals surface area contributed by atoms with Crippen molar-refractivity contribution >= 4 is 29.9 Å². The molecule has 0 aromatic heterocycles. The first-order valence-corrected chi connectivity index (χ1v) is 11.6. The first kappa shape index (κ1) is 26.9. The van der Waals surface area contributed by atoms with Crippen LogP contribution < -0.4 is 10.6 Å². The van der Waals surface area contributed by atoms with E-state index in [0.717, 1.165) is 51.3 Å². The minimum atomic E-state index is 0. The Balaban J connectivity index is 0.00000420. The molecule has 0 aromatic rings. The largest absolute Gasteiger partial charge is 0.379 e. The van der Waals surface area contributed by atoms with Crippen LogP contribution >= 0.6 is 24.0 Å². The zero-order valence-corrected chi connectivity index (χ0v) is 21.6. The van der Waals surface area contributed by atoms with Crippen LogP contribution in [-0.4, -0.2) is 87.9 Å². The van der Waals surface area contributed by atoms with Gasteiger partial charge in [0.05, 0.1) is 13.2 Å². The highest BCUT2D eigenvalue weighted by molar-refractivity contribution is 14.0. The van der Waals surface area contributed by atoms with Gasteiger partial charge in [-0.05, 0) is 63.6 Å². The summed E-state index contributed by atoms with van der Waals surface area (Å²) in [5.74, 6) is 2.56. The number of nitrogens with zero attached hydrogens (tertiary/aromatic N) is 3. The molecular weight excluding hydrogens is 477 g/mol. The predicted octanol–water partition coefficient (Wildman–Crippen LogP) is 3.03. The molecule has 2 aliphatic rings. The van der Waals surface area contributed by atoms with E-state index in [4.69, 9.17) is 4.74 Å². The molecule has 0 amide bonds. The van der Waals surface area contributed by atoms with E-state index < -0.39 is 0 Å². The summed E-state index contributed by atoms with van der Waals surface area (Å²) in [6.45, 7) is 16.6. The number of aliphatic imine (C=N–C) groups is 1. The number of ether oxygens (including phenoxy) is 1. The Morgan fingerprint density at radius 1 is 1.07 bits per heavy atom. The average molecular weight is 524 g/mol. The number of unbranched alkanes of at least 4 members (excludes halogenated alkanes) is 1. The Kier molecular flexibility index (Phi) is 14.5. The van der Waals surface area contributed by atoms with Crippen LogP contribution in [0.25, 0.3) is 0 Å². The van der Waals surface area contributed by atoms with E-state index in [2.05, 4.69) is 46.2 Å². The number of hydrogen-bond donors (Lipinski definition) is 2. The highest BCUT2D eigenvalue weighted by Crippen LogP contribution is 2.16. The number of piperidine rings is 1. The van der Waals surface area contributed by atoms with E-state index in [1.807, 2.05) is 7.05 Å². The molecular formula is C22H46IN5O. The van der Waals surface area contributed by atoms with Crippen molar-refractivity contribution < 1.29 is 4.74 Å². The monoisotopic (exact) mass is 523 g/mol. The fourth-order valence-corrected chi connectivity index (χ4v) is 4.24. The molecule has 2 heterocycles. The van der Waals surface area contributed by atoms with E-state index in [0.29, 0.717) is 12.0 Å². The molecule has 0 saturated carbocycles.